The van der Waals surface area contributed by atoms with Gasteiger partial charge in [-0.05, 0) is 84.4 Å². The second-order valence-corrected chi connectivity index (χ2v) is 15.5. The number of allylic oxidation sites excluding steroid dienone is 1. The number of hydrogen-bond acceptors (Lipinski definition) is 10. The molecule has 0 atom stereocenters. The quantitative estimate of drug-likeness (QED) is 0.0332. The highest BCUT2D eigenvalue weighted by atomic mass is 32.2. The molecule has 4 rings (SSSR count). The number of hydrogen-bond donors (Lipinski definition) is 0. The van der Waals surface area contributed by atoms with Gasteiger partial charge in [-0.3, -0.25) is 4.79 Å². The van der Waals surface area contributed by atoms with E-state index < -0.39 is 15.7 Å². The lowest BCUT2D eigenvalue weighted by molar-refractivity contribution is -0.697. The number of nitrogens with zero attached hydrogens (tertiary/aromatic N) is 3. The topological polar surface area (TPSA) is 143 Å². The molecule has 0 unspecified atom stereocenters. The molecule has 0 N–H and O–H groups in total. The highest BCUT2D eigenvalue weighted by molar-refractivity contribution is 7.85. The predicted molar refractivity (Wildman–Crippen MR) is 196 cm³/mol. The van der Waals surface area contributed by atoms with Crippen molar-refractivity contribution in [3.63, 3.8) is 0 Å². The summed E-state index contributed by atoms with van der Waals surface area (Å²) in [5, 5.41) is 5.51. The molecule has 0 aliphatic carbocycles. The van der Waals surface area contributed by atoms with Gasteiger partial charge in [0, 0.05) is 78.6 Å². The minimum absolute atomic E-state index is 0.0796. The van der Waals surface area contributed by atoms with Crippen LogP contribution < -0.4 is 15.1 Å². The molecular formula is C38H53N3O9S. The van der Waals surface area contributed by atoms with Crippen LogP contribution in [0.25, 0.3) is 27.7 Å². The zero-order chi connectivity index (χ0) is 37.2. The van der Waals surface area contributed by atoms with Crippen molar-refractivity contribution >= 4 is 38.3 Å². The molecule has 0 fully saturated rings. The number of aryl methyl sites for hydroxylation is 1. The fourth-order valence-corrected chi connectivity index (χ4v) is 7.00. The largest absolute Gasteiger partial charge is 0.748 e. The standard InChI is InChI=1S/C38H53N3O9S/c1-7-16-40(18-8-10-22-47-50-49-28(2)3)36(42)13-12-19-41-34-26-35-31(24-32(34)29(4)27-38(41,5)6)25-33(37(43)48-35)30-14-20-39(21-15-30)17-9-11-23-51(44,45)46/h14-15,20-21,24-28H,7-13,16-19,22-23H2,1-6H3. The summed E-state index contributed by atoms with van der Waals surface area (Å²) in [4.78, 5) is 40.7. The minimum atomic E-state index is -4.21. The van der Waals surface area contributed by atoms with Gasteiger partial charge in [-0.25, -0.2) is 27.6 Å². The first-order valence-corrected chi connectivity index (χ1v) is 19.5. The van der Waals surface area contributed by atoms with Crippen molar-refractivity contribution in [1.82, 2.24) is 4.90 Å². The second kappa shape index (κ2) is 18.2. The van der Waals surface area contributed by atoms with Crippen molar-refractivity contribution in [3.05, 3.63) is 64.8 Å². The maximum atomic E-state index is 13.3. The number of aromatic nitrogens is 1. The van der Waals surface area contributed by atoms with Crippen molar-refractivity contribution in [2.45, 2.75) is 105 Å². The van der Waals surface area contributed by atoms with Gasteiger partial charge in [0.15, 0.2) is 12.4 Å². The molecule has 1 aromatic carbocycles. The molecule has 51 heavy (non-hydrogen) atoms. The van der Waals surface area contributed by atoms with E-state index in [9.17, 15) is 22.6 Å². The fraction of sp³-hybridized carbons (Fsp3) is 0.553. The Hall–Kier alpha value is -3.62. The number of unbranched alkanes of at least 4 members (excludes halogenated alkanes) is 2. The SMILES string of the molecule is CCCN(CCCCOOOC(C)C)C(=O)CCCN1c2cc3oc(=O)c(-c4cc[n+](CCCCS(=O)(=O)[O-])cc4)cc3cc2C(C)=CC1(C)C. The molecule has 1 aliphatic heterocycles. The molecule has 0 radical (unpaired) electrons. The molecule has 2 aromatic heterocycles. The zero-order valence-electron chi connectivity index (χ0n) is 30.8. The Morgan fingerprint density at radius 3 is 2.45 bits per heavy atom. The summed E-state index contributed by atoms with van der Waals surface area (Å²) in [6, 6.07) is 9.52. The van der Waals surface area contributed by atoms with Crippen LogP contribution in [0.5, 0.6) is 0 Å². The van der Waals surface area contributed by atoms with Gasteiger partial charge < -0.3 is 18.8 Å². The van der Waals surface area contributed by atoms with Crippen LogP contribution in [0.1, 0.15) is 92.1 Å². The van der Waals surface area contributed by atoms with Crippen LogP contribution in [0.15, 0.2) is 58.0 Å². The van der Waals surface area contributed by atoms with Gasteiger partial charge in [0.2, 0.25) is 5.91 Å². The summed E-state index contributed by atoms with van der Waals surface area (Å²) in [7, 11) is -4.21. The van der Waals surface area contributed by atoms with Crippen LogP contribution >= 0.6 is 0 Å². The molecule has 0 saturated carbocycles. The van der Waals surface area contributed by atoms with E-state index in [1.165, 1.54) is 0 Å². The fourth-order valence-electron chi connectivity index (χ4n) is 6.44. The summed E-state index contributed by atoms with van der Waals surface area (Å²) in [5.41, 5.74) is 4.02. The third-order valence-electron chi connectivity index (χ3n) is 8.90. The zero-order valence-corrected chi connectivity index (χ0v) is 31.6. The molecular weight excluding hydrogens is 674 g/mol. The van der Waals surface area contributed by atoms with Gasteiger partial charge in [0.05, 0.1) is 33.9 Å². The average molecular weight is 728 g/mol. The number of benzene rings is 1. The van der Waals surface area contributed by atoms with Gasteiger partial charge in [-0.1, -0.05) is 18.0 Å². The summed E-state index contributed by atoms with van der Waals surface area (Å²) in [5.74, 6) is -0.240. The van der Waals surface area contributed by atoms with E-state index in [-0.39, 0.29) is 23.3 Å². The normalized spacial score (nSPS) is 14.2. The lowest BCUT2D eigenvalue weighted by Gasteiger charge is -2.43. The Balaban J connectivity index is 1.43. The Morgan fingerprint density at radius 2 is 1.76 bits per heavy atom. The van der Waals surface area contributed by atoms with Crippen LogP contribution in [-0.2, 0) is 36.3 Å². The van der Waals surface area contributed by atoms with E-state index in [1.807, 2.05) is 60.0 Å². The summed E-state index contributed by atoms with van der Waals surface area (Å²) in [6.07, 6.45) is 10.2. The number of carbonyl (C=O) groups is 1. The molecule has 0 bridgehead atoms. The number of anilines is 1. The predicted octanol–water partition coefficient (Wildman–Crippen LogP) is 6.16. The molecule has 3 aromatic rings. The molecule has 13 heteroatoms. The van der Waals surface area contributed by atoms with Gasteiger partial charge >= 0.3 is 5.63 Å². The minimum Gasteiger partial charge on any atom is -0.748 e. The number of fused-ring (bicyclic) bond motifs is 2. The maximum absolute atomic E-state index is 13.3. The lowest BCUT2D eigenvalue weighted by atomic mass is 9.87. The third kappa shape index (κ3) is 11.7. The summed E-state index contributed by atoms with van der Waals surface area (Å²) in [6.45, 7) is 15.1. The number of rotatable bonds is 20. The Kier molecular flexibility index (Phi) is 14.4. The first-order valence-electron chi connectivity index (χ1n) is 17.9. The Morgan fingerprint density at radius 1 is 1.04 bits per heavy atom. The number of pyridine rings is 1. The van der Waals surface area contributed by atoms with E-state index in [2.05, 4.69) is 44.7 Å². The van der Waals surface area contributed by atoms with Crippen LogP contribution in [0.4, 0.5) is 5.69 Å². The Labute approximate surface area is 301 Å². The lowest BCUT2D eigenvalue weighted by Crippen LogP contribution is -2.46. The van der Waals surface area contributed by atoms with Crippen molar-refractivity contribution in [2.24, 2.45) is 0 Å². The number of carbonyl (C=O) groups excluding carboxylic acids is 1. The van der Waals surface area contributed by atoms with Crippen molar-refractivity contribution in [2.75, 3.05) is 36.9 Å². The van der Waals surface area contributed by atoms with Crippen LogP contribution in [-0.4, -0.2) is 67.4 Å². The highest BCUT2D eigenvalue weighted by Gasteiger charge is 2.32. The van der Waals surface area contributed by atoms with Gasteiger partial charge in [-0.15, -0.1) is 0 Å². The Bertz CT molecular complexity index is 1820. The highest BCUT2D eigenvalue weighted by Crippen LogP contribution is 2.41. The smallest absolute Gasteiger partial charge is 0.344 e. The van der Waals surface area contributed by atoms with Gasteiger partial charge in [0.1, 0.15) is 12.1 Å². The maximum Gasteiger partial charge on any atom is 0.344 e. The molecule has 0 saturated heterocycles. The molecule has 280 valence electrons. The van der Waals surface area contributed by atoms with Crippen LogP contribution in [0.2, 0.25) is 0 Å². The summed E-state index contributed by atoms with van der Waals surface area (Å²) < 4.78 is 40.4. The van der Waals surface area contributed by atoms with E-state index >= 15 is 0 Å². The third-order valence-corrected chi connectivity index (χ3v) is 9.69. The monoisotopic (exact) mass is 727 g/mol. The first-order chi connectivity index (χ1) is 24.2. The van der Waals surface area contributed by atoms with Gasteiger partial charge in [0.25, 0.3) is 0 Å². The van der Waals surface area contributed by atoms with E-state index in [1.54, 1.807) is 0 Å². The van der Waals surface area contributed by atoms with Crippen molar-refractivity contribution in [1.29, 1.82) is 0 Å². The molecule has 12 nitrogen and oxygen atoms in total. The molecule has 0 spiro atoms. The van der Waals surface area contributed by atoms with E-state index in [0.717, 1.165) is 41.5 Å². The summed E-state index contributed by atoms with van der Waals surface area (Å²) >= 11 is 0. The molecule has 1 amide bonds. The van der Waals surface area contributed by atoms with E-state index in [0.29, 0.717) is 75.2 Å². The van der Waals surface area contributed by atoms with Crippen LogP contribution in [0, 0.1) is 0 Å². The van der Waals surface area contributed by atoms with Crippen molar-refractivity contribution < 1.29 is 41.6 Å². The first kappa shape index (κ1) is 40.2. The second-order valence-electron chi connectivity index (χ2n) is 14.0. The average Bonchev–Trinajstić information content (AvgIpc) is 3.05. The van der Waals surface area contributed by atoms with Crippen molar-refractivity contribution in [3.8, 4) is 11.1 Å². The van der Waals surface area contributed by atoms with E-state index in [4.69, 9.17) is 19.2 Å². The van der Waals surface area contributed by atoms with Gasteiger partial charge in [-0.2, -0.15) is 0 Å². The molecule has 1 aliphatic rings. The molecule has 3 heterocycles. The van der Waals surface area contributed by atoms with Crippen LogP contribution in [0.3, 0.4) is 0 Å². The number of amides is 1.